The van der Waals surface area contributed by atoms with E-state index < -0.39 is 5.97 Å². The number of benzene rings is 1. The van der Waals surface area contributed by atoms with Crippen LogP contribution in [0.3, 0.4) is 0 Å². The van der Waals surface area contributed by atoms with Gasteiger partial charge in [-0.2, -0.15) is 0 Å². The number of hydrogen-bond donors (Lipinski definition) is 1. The fourth-order valence-electron chi connectivity index (χ4n) is 2.10. The van der Waals surface area contributed by atoms with Crippen LogP contribution in [-0.2, 0) is 13.1 Å². The summed E-state index contributed by atoms with van der Waals surface area (Å²) in [5, 5.41) is 8.96. The van der Waals surface area contributed by atoms with Gasteiger partial charge in [0.2, 0.25) is 0 Å². The molecule has 2 aromatic rings. The van der Waals surface area contributed by atoms with Crippen molar-refractivity contribution in [1.82, 2.24) is 4.90 Å². The van der Waals surface area contributed by atoms with Crippen LogP contribution in [0, 0.1) is 12.7 Å². The maximum Gasteiger partial charge on any atom is 0.339 e. The van der Waals surface area contributed by atoms with E-state index in [0.717, 1.165) is 5.56 Å². The van der Waals surface area contributed by atoms with Gasteiger partial charge in [0.05, 0.1) is 6.54 Å². The minimum absolute atomic E-state index is 0.180. The molecule has 0 unspecified atom stereocenters. The molecule has 106 valence electrons. The van der Waals surface area contributed by atoms with Gasteiger partial charge in [0.25, 0.3) is 0 Å². The molecule has 0 amide bonds. The molecule has 1 aromatic carbocycles. The Morgan fingerprint density at radius 1 is 1.35 bits per heavy atom. The summed E-state index contributed by atoms with van der Waals surface area (Å²) in [4.78, 5) is 12.9. The number of aromatic carboxylic acids is 1. The van der Waals surface area contributed by atoms with Gasteiger partial charge in [0.15, 0.2) is 0 Å². The number of hydrogen-bond acceptors (Lipinski definition) is 3. The molecule has 0 saturated carbocycles. The molecule has 0 saturated heterocycles. The molecular weight excluding hydrogens is 261 g/mol. The zero-order valence-electron chi connectivity index (χ0n) is 11.4. The van der Waals surface area contributed by atoms with Crippen LogP contribution in [0.4, 0.5) is 4.39 Å². The van der Waals surface area contributed by atoms with Crippen molar-refractivity contribution in [1.29, 1.82) is 0 Å². The van der Waals surface area contributed by atoms with Crippen LogP contribution in [0.1, 0.15) is 27.4 Å². The molecule has 0 bridgehead atoms. The molecule has 1 N–H and O–H groups in total. The van der Waals surface area contributed by atoms with Crippen LogP contribution in [0.15, 0.2) is 34.7 Å². The van der Waals surface area contributed by atoms with Crippen molar-refractivity contribution >= 4 is 5.97 Å². The number of rotatable bonds is 5. The third kappa shape index (κ3) is 3.45. The molecule has 4 nitrogen and oxygen atoms in total. The number of nitrogens with zero attached hydrogens (tertiary/aromatic N) is 1. The molecule has 1 heterocycles. The van der Waals surface area contributed by atoms with Crippen LogP contribution >= 0.6 is 0 Å². The second-order valence-electron chi connectivity index (χ2n) is 4.79. The molecule has 2 rings (SSSR count). The van der Waals surface area contributed by atoms with Crippen molar-refractivity contribution in [3.8, 4) is 0 Å². The average Bonchev–Trinajstić information content (AvgIpc) is 2.70. The standard InChI is InChI=1S/C15H16FNO3/c1-10-14(15(18)19)7-13(20-10)9-17(2)8-11-4-3-5-12(16)6-11/h3-7H,8-9H2,1-2H3,(H,18,19). The molecule has 0 aliphatic rings. The number of carboxylic acids is 1. The molecule has 0 aliphatic heterocycles. The topological polar surface area (TPSA) is 53.7 Å². The van der Waals surface area contributed by atoms with E-state index >= 15 is 0 Å². The summed E-state index contributed by atoms with van der Waals surface area (Å²) in [6, 6.07) is 7.92. The number of carbonyl (C=O) groups is 1. The summed E-state index contributed by atoms with van der Waals surface area (Å²) < 4.78 is 18.5. The van der Waals surface area contributed by atoms with E-state index in [1.54, 1.807) is 13.0 Å². The highest BCUT2D eigenvalue weighted by Gasteiger charge is 2.14. The Kier molecular flexibility index (Phi) is 4.20. The van der Waals surface area contributed by atoms with E-state index in [1.807, 2.05) is 18.0 Å². The third-order valence-electron chi connectivity index (χ3n) is 2.97. The largest absolute Gasteiger partial charge is 0.478 e. The van der Waals surface area contributed by atoms with Crippen molar-refractivity contribution in [2.24, 2.45) is 0 Å². The lowest BCUT2D eigenvalue weighted by Gasteiger charge is -2.15. The monoisotopic (exact) mass is 277 g/mol. The predicted molar refractivity (Wildman–Crippen MR) is 72.0 cm³/mol. The predicted octanol–water partition coefficient (Wildman–Crippen LogP) is 3.06. The van der Waals surface area contributed by atoms with E-state index in [2.05, 4.69) is 0 Å². The van der Waals surface area contributed by atoms with E-state index in [0.29, 0.717) is 24.6 Å². The Morgan fingerprint density at radius 3 is 2.70 bits per heavy atom. The number of carboxylic acid groups (broad SMARTS) is 1. The Hall–Kier alpha value is -2.14. The first-order chi connectivity index (χ1) is 9.45. The number of furan rings is 1. The second-order valence-corrected chi connectivity index (χ2v) is 4.79. The molecule has 5 heteroatoms. The van der Waals surface area contributed by atoms with Gasteiger partial charge in [-0.15, -0.1) is 0 Å². The maximum atomic E-state index is 13.1. The van der Waals surface area contributed by atoms with Gasteiger partial charge >= 0.3 is 5.97 Å². The van der Waals surface area contributed by atoms with Crippen LogP contribution in [0.5, 0.6) is 0 Å². The van der Waals surface area contributed by atoms with Gasteiger partial charge < -0.3 is 9.52 Å². The first-order valence-corrected chi connectivity index (χ1v) is 6.21. The summed E-state index contributed by atoms with van der Waals surface area (Å²) in [6.45, 7) is 2.64. The van der Waals surface area contributed by atoms with Crippen LogP contribution in [0.2, 0.25) is 0 Å². The van der Waals surface area contributed by atoms with Crippen molar-refractivity contribution < 1.29 is 18.7 Å². The van der Waals surface area contributed by atoms with E-state index in [-0.39, 0.29) is 11.4 Å². The van der Waals surface area contributed by atoms with Gasteiger partial charge in [0, 0.05) is 6.54 Å². The average molecular weight is 277 g/mol. The zero-order valence-corrected chi connectivity index (χ0v) is 11.4. The Labute approximate surface area is 116 Å². The maximum absolute atomic E-state index is 13.1. The lowest BCUT2D eigenvalue weighted by molar-refractivity contribution is 0.0695. The van der Waals surface area contributed by atoms with Crippen LogP contribution in [0.25, 0.3) is 0 Å². The summed E-state index contributed by atoms with van der Waals surface area (Å²) in [6.07, 6.45) is 0. The molecule has 20 heavy (non-hydrogen) atoms. The quantitative estimate of drug-likeness (QED) is 0.912. The van der Waals surface area contributed by atoms with Crippen molar-refractivity contribution in [2.45, 2.75) is 20.0 Å². The zero-order chi connectivity index (χ0) is 14.7. The van der Waals surface area contributed by atoms with Crippen LogP contribution < -0.4 is 0 Å². The molecule has 0 atom stereocenters. The van der Waals surface area contributed by atoms with Gasteiger partial charge in [0.1, 0.15) is 22.9 Å². The van der Waals surface area contributed by atoms with Crippen molar-refractivity contribution in [3.63, 3.8) is 0 Å². The first kappa shape index (κ1) is 14.3. The first-order valence-electron chi connectivity index (χ1n) is 6.21. The highest BCUT2D eigenvalue weighted by Crippen LogP contribution is 2.17. The van der Waals surface area contributed by atoms with Crippen molar-refractivity contribution in [3.05, 3.63) is 58.8 Å². The lowest BCUT2D eigenvalue weighted by Crippen LogP contribution is -2.16. The van der Waals surface area contributed by atoms with Gasteiger partial charge in [-0.1, -0.05) is 12.1 Å². The Bertz CT molecular complexity index is 621. The minimum Gasteiger partial charge on any atom is -0.478 e. The summed E-state index contributed by atoms with van der Waals surface area (Å²) in [5.74, 6) is -0.284. The number of aryl methyl sites for hydroxylation is 1. The molecule has 0 radical (unpaired) electrons. The lowest BCUT2D eigenvalue weighted by atomic mass is 10.2. The van der Waals surface area contributed by atoms with Crippen molar-refractivity contribution in [2.75, 3.05) is 7.05 Å². The van der Waals surface area contributed by atoms with Gasteiger partial charge in [-0.25, -0.2) is 9.18 Å². The minimum atomic E-state index is -0.995. The van der Waals surface area contributed by atoms with E-state index in [4.69, 9.17) is 9.52 Å². The number of halogens is 1. The summed E-state index contributed by atoms with van der Waals surface area (Å²) >= 11 is 0. The van der Waals surface area contributed by atoms with Crippen LogP contribution in [-0.4, -0.2) is 23.0 Å². The van der Waals surface area contributed by atoms with E-state index in [9.17, 15) is 9.18 Å². The molecule has 0 aliphatic carbocycles. The van der Waals surface area contributed by atoms with Gasteiger partial charge in [-0.05, 0) is 37.7 Å². The molecule has 0 fully saturated rings. The fraction of sp³-hybridized carbons (Fsp3) is 0.267. The second kappa shape index (κ2) is 5.88. The Balaban J connectivity index is 2.03. The molecule has 0 spiro atoms. The SMILES string of the molecule is Cc1oc(CN(C)Cc2cccc(F)c2)cc1C(=O)O. The summed E-state index contributed by atoms with van der Waals surface area (Å²) in [7, 11) is 1.86. The smallest absolute Gasteiger partial charge is 0.339 e. The molecule has 1 aromatic heterocycles. The highest BCUT2D eigenvalue weighted by atomic mass is 19.1. The Morgan fingerprint density at radius 2 is 2.10 bits per heavy atom. The van der Waals surface area contributed by atoms with E-state index in [1.165, 1.54) is 18.2 Å². The highest BCUT2D eigenvalue weighted by molar-refractivity contribution is 5.88. The molecular formula is C15H16FNO3. The normalized spacial score (nSPS) is 11.0. The van der Waals surface area contributed by atoms with Gasteiger partial charge in [-0.3, -0.25) is 4.90 Å². The summed E-state index contributed by atoms with van der Waals surface area (Å²) in [5.41, 5.74) is 1.04. The fourth-order valence-corrected chi connectivity index (χ4v) is 2.10. The third-order valence-corrected chi connectivity index (χ3v) is 2.97.